The van der Waals surface area contributed by atoms with Crippen molar-refractivity contribution >= 4 is 29.2 Å². The van der Waals surface area contributed by atoms with Crippen LogP contribution in [0.5, 0.6) is 0 Å². The number of nitrogens with one attached hydrogen (secondary N) is 2. The third-order valence-electron chi connectivity index (χ3n) is 5.39. The van der Waals surface area contributed by atoms with Crippen molar-refractivity contribution in [3.63, 3.8) is 0 Å². The van der Waals surface area contributed by atoms with Gasteiger partial charge >= 0.3 is 0 Å². The number of hydrogen-bond donors (Lipinski definition) is 2. The van der Waals surface area contributed by atoms with Gasteiger partial charge in [-0.3, -0.25) is 9.59 Å². The fourth-order valence-corrected chi connectivity index (χ4v) is 4.49. The first-order chi connectivity index (χ1) is 14.6. The highest BCUT2D eigenvalue weighted by Crippen LogP contribution is 2.29. The van der Waals surface area contributed by atoms with E-state index in [-0.39, 0.29) is 23.6 Å². The molecule has 1 aliphatic rings. The number of carbonyl (C=O) groups is 2. The number of amides is 2. The molecule has 1 aliphatic carbocycles. The second-order valence-corrected chi connectivity index (χ2v) is 8.44. The molecule has 4 rings (SSSR count). The predicted octanol–water partition coefficient (Wildman–Crippen LogP) is 5.02. The van der Waals surface area contributed by atoms with Crippen LogP contribution in [0.15, 0.2) is 71.7 Å². The lowest BCUT2D eigenvalue weighted by atomic mass is 9.87. The van der Waals surface area contributed by atoms with Crippen molar-refractivity contribution in [2.24, 2.45) is 0 Å². The summed E-state index contributed by atoms with van der Waals surface area (Å²) in [5, 5.41) is 7.93. The number of fused-ring (bicyclic) bond motifs is 1. The van der Waals surface area contributed by atoms with Crippen LogP contribution in [-0.4, -0.2) is 11.8 Å². The van der Waals surface area contributed by atoms with Crippen molar-refractivity contribution in [1.29, 1.82) is 0 Å². The predicted molar refractivity (Wildman–Crippen MR) is 121 cm³/mol. The Morgan fingerprint density at radius 1 is 1.03 bits per heavy atom. The van der Waals surface area contributed by atoms with Gasteiger partial charge in [0.05, 0.1) is 6.04 Å². The van der Waals surface area contributed by atoms with Crippen LogP contribution in [0.3, 0.4) is 0 Å². The highest BCUT2D eigenvalue weighted by atomic mass is 32.1. The Morgan fingerprint density at radius 2 is 1.83 bits per heavy atom. The second kappa shape index (κ2) is 9.09. The Kier molecular flexibility index (Phi) is 6.10. The molecule has 4 nitrogen and oxygen atoms in total. The molecule has 0 unspecified atom stereocenters. The van der Waals surface area contributed by atoms with Gasteiger partial charge in [0, 0.05) is 10.4 Å². The van der Waals surface area contributed by atoms with Gasteiger partial charge < -0.3 is 10.6 Å². The Hall–Kier alpha value is -3.18. The highest BCUT2D eigenvalue weighted by molar-refractivity contribution is 7.10. The third kappa shape index (κ3) is 4.52. The standard InChI is InChI=1S/C25H24N2O2S/c1-17-8-2-4-12-20(17)24(28)27-23(16-19-11-7-15-30-19)25(29)26-22-14-6-10-18-9-3-5-13-21(18)22/h2-5,7-9,11-13,15-16,22H,6,10,14H2,1H3,(H,26,29)(H,27,28)/b23-16-/t22-/m0/s1. The number of carbonyl (C=O) groups excluding carboxylic acids is 2. The Balaban J connectivity index is 1.58. The molecule has 2 N–H and O–H groups in total. The van der Waals surface area contributed by atoms with Crippen molar-refractivity contribution in [2.45, 2.75) is 32.2 Å². The van der Waals surface area contributed by atoms with Gasteiger partial charge in [0.2, 0.25) is 0 Å². The van der Waals surface area contributed by atoms with Gasteiger partial charge in [-0.05, 0) is 66.5 Å². The largest absolute Gasteiger partial charge is 0.344 e. The number of hydrogen-bond acceptors (Lipinski definition) is 3. The van der Waals surface area contributed by atoms with E-state index >= 15 is 0 Å². The summed E-state index contributed by atoms with van der Waals surface area (Å²) < 4.78 is 0. The van der Waals surface area contributed by atoms with Crippen molar-refractivity contribution in [2.75, 3.05) is 0 Å². The zero-order valence-electron chi connectivity index (χ0n) is 16.9. The molecule has 2 aromatic carbocycles. The van der Waals surface area contributed by atoms with E-state index in [1.54, 1.807) is 12.1 Å². The third-order valence-corrected chi connectivity index (χ3v) is 6.21. The molecule has 0 saturated heterocycles. The normalized spacial score (nSPS) is 15.9. The SMILES string of the molecule is Cc1ccccc1C(=O)N/C(=C\c1cccs1)C(=O)N[C@H]1CCCc2ccccc21. The molecule has 1 heterocycles. The highest BCUT2D eigenvalue weighted by Gasteiger charge is 2.24. The molecule has 0 fully saturated rings. The molecule has 152 valence electrons. The van der Waals surface area contributed by atoms with Gasteiger partial charge in [0.25, 0.3) is 11.8 Å². The van der Waals surface area contributed by atoms with Crippen LogP contribution < -0.4 is 10.6 Å². The molecule has 1 atom stereocenters. The zero-order chi connectivity index (χ0) is 20.9. The van der Waals surface area contributed by atoms with Crippen LogP contribution in [0.2, 0.25) is 0 Å². The van der Waals surface area contributed by atoms with Crippen molar-refractivity contribution in [3.05, 3.63) is 98.9 Å². The van der Waals surface area contributed by atoms with Crippen LogP contribution in [0, 0.1) is 6.92 Å². The Morgan fingerprint density at radius 3 is 2.63 bits per heavy atom. The van der Waals surface area contributed by atoms with Crippen LogP contribution in [-0.2, 0) is 11.2 Å². The van der Waals surface area contributed by atoms with E-state index in [0.29, 0.717) is 5.56 Å². The molecule has 0 radical (unpaired) electrons. The summed E-state index contributed by atoms with van der Waals surface area (Å²) in [4.78, 5) is 27.0. The van der Waals surface area contributed by atoms with Crippen molar-refractivity contribution in [3.8, 4) is 0 Å². The number of thiophene rings is 1. The zero-order valence-corrected chi connectivity index (χ0v) is 17.7. The van der Waals surface area contributed by atoms with Crippen LogP contribution in [0.4, 0.5) is 0 Å². The van der Waals surface area contributed by atoms with Gasteiger partial charge in [-0.2, -0.15) is 0 Å². The van der Waals surface area contributed by atoms with Gasteiger partial charge in [0.1, 0.15) is 5.70 Å². The van der Waals surface area contributed by atoms with Gasteiger partial charge in [-0.15, -0.1) is 11.3 Å². The quantitative estimate of drug-likeness (QED) is 0.574. The lowest BCUT2D eigenvalue weighted by Crippen LogP contribution is -2.38. The van der Waals surface area contributed by atoms with Crippen LogP contribution in [0.1, 0.15) is 50.8 Å². The molecule has 2 amide bonds. The molecule has 0 bridgehead atoms. The lowest BCUT2D eigenvalue weighted by Gasteiger charge is -2.26. The fourth-order valence-electron chi connectivity index (χ4n) is 3.83. The molecule has 0 saturated carbocycles. The van der Waals surface area contributed by atoms with Gasteiger partial charge in [-0.25, -0.2) is 0 Å². The van der Waals surface area contributed by atoms with E-state index in [0.717, 1.165) is 35.3 Å². The van der Waals surface area contributed by atoms with E-state index < -0.39 is 0 Å². The molecular formula is C25H24N2O2S. The first-order valence-electron chi connectivity index (χ1n) is 10.1. The van der Waals surface area contributed by atoms with Gasteiger partial charge in [-0.1, -0.05) is 48.5 Å². The summed E-state index contributed by atoms with van der Waals surface area (Å²) in [7, 11) is 0. The lowest BCUT2D eigenvalue weighted by molar-refractivity contribution is -0.118. The first-order valence-corrected chi connectivity index (χ1v) is 11.0. The summed E-state index contributed by atoms with van der Waals surface area (Å²) in [6.45, 7) is 1.89. The Bertz CT molecular complexity index is 1090. The number of aryl methyl sites for hydroxylation is 2. The number of benzene rings is 2. The monoisotopic (exact) mass is 416 g/mol. The molecule has 3 aromatic rings. The summed E-state index contributed by atoms with van der Waals surface area (Å²) >= 11 is 1.52. The minimum absolute atomic E-state index is 0.0513. The average molecular weight is 417 g/mol. The first kappa shape index (κ1) is 20.1. The molecule has 0 spiro atoms. The topological polar surface area (TPSA) is 58.2 Å². The van der Waals surface area contributed by atoms with Crippen molar-refractivity contribution < 1.29 is 9.59 Å². The van der Waals surface area contributed by atoms with Crippen LogP contribution >= 0.6 is 11.3 Å². The van der Waals surface area contributed by atoms with Crippen LogP contribution in [0.25, 0.3) is 6.08 Å². The Labute approximate surface area is 180 Å². The summed E-state index contributed by atoms with van der Waals surface area (Å²) in [5.41, 5.74) is 4.13. The summed E-state index contributed by atoms with van der Waals surface area (Å²) in [5.74, 6) is -0.554. The summed E-state index contributed by atoms with van der Waals surface area (Å²) in [6, 6.07) is 19.4. The second-order valence-electron chi connectivity index (χ2n) is 7.46. The van der Waals surface area contributed by atoms with Crippen molar-refractivity contribution in [1.82, 2.24) is 10.6 Å². The molecular weight excluding hydrogens is 392 g/mol. The fraction of sp³-hybridized carbons (Fsp3) is 0.200. The maximum atomic E-state index is 13.2. The average Bonchev–Trinajstić information content (AvgIpc) is 3.27. The maximum Gasteiger partial charge on any atom is 0.268 e. The van der Waals surface area contributed by atoms with E-state index in [4.69, 9.17) is 0 Å². The molecule has 0 aliphatic heterocycles. The minimum atomic E-state index is -0.282. The molecule has 30 heavy (non-hydrogen) atoms. The van der Waals surface area contributed by atoms with E-state index in [1.807, 2.05) is 54.8 Å². The summed E-state index contributed by atoms with van der Waals surface area (Å²) in [6.07, 6.45) is 4.69. The smallest absolute Gasteiger partial charge is 0.268 e. The number of rotatable bonds is 5. The molecule has 1 aromatic heterocycles. The van der Waals surface area contributed by atoms with E-state index in [2.05, 4.69) is 22.8 Å². The van der Waals surface area contributed by atoms with E-state index in [1.165, 1.54) is 16.9 Å². The molecule has 5 heteroatoms. The van der Waals surface area contributed by atoms with E-state index in [9.17, 15) is 9.59 Å². The maximum absolute atomic E-state index is 13.2. The minimum Gasteiger partial charge on any atom is -0.344 e. The van der Waals surface area contributed by atoms with Gasteiger partial charge in [0.15, 0.2) is 0 Å².